The Hall–Kier alpha value is -3.75. The molecular formula is C19H17FN4O4. The van der Waals surface area contributed by atoms with Crippen molar-refractivity contribution in [2.24, 2.45) is 0 Å². The first-order valence-electron chi connectivity index (χ1n) is 8.36. The van der Waals surface area contributed by atoms with Gasteiger partial charge in [-0.15, -0.1) is 0 Å². The van der Waals surface area contributed by atoms with E-state index in [4.69, 9.17) is 0 Å². The summed E-state index contributed by atoms with van der Waals surface area (Å²) in [6.45, 7) is 0.936. The van der Waals surface area contributed by atoms with Crippen LogP contribution in [0.1, 0.15) is 22.8 Å². The predicted octanol–water partition coefficient (Wildman–Crippen LogP) is 1.05. The van der Waals surface area contributed by atoms with Gasteiger partial charge in [-0.1, -0.05) is 42.5 Å². The lowest BCUT2D eigenvalue weighted by atomic mass is 9.92. The first-order chi connectivity index (χ1) is 13.3. The fourth-order valence-corrected chi connectivity index (χ4v) is 2.83. The molecule has 3 rings (SSSR count). The minimum Gasteiger partial charge on any atom is -0.319 e. The number of amides is 5. The van der Waals surface area contributed by atoms with Crippen LogP contribution in [0.25, 0.3) is 0 Å². The van der Waals surface area contributed by atoms with Crippen molar-refractivity contribution in [3.8, 4) is 0 Å². The maximum absolute atomic E-state index is 13.6. The topological polar surface area (TPSA) is 108 Å². The van der Waals surface area contributed by atoms with E-state index in [2.05, 4.69) is 10.7 Å². The average molecular weight is 384 g/mol. The molecule has 3 N–H and O–H groups in total. The number of hydrogen-bond acceptors (Lipinski definition) is 4. The predicted molar refractivity (Wildman–Crippen MR) is 96.0 cm³/mol. The largest absolute Gasteiger partial charge is 0.325 e. The normalized spacial score (nSPS) is 18.6. The second kappa shape index (κ2) is 7.47. The molecule has 2 aromatic carbocycles. The molecule has 144 valence electrons. The highest BCUT2D eigenvalue weighted by Gasteiger charge is 2.49. The number of benzene rings is 2. The van der Waals surface area contributed by atoms with E-state index in [1.54, 1.807) is 37.3 Å². The fraction of sp³-hybridized carbons (Fsp3) is 0.158. The third kappa shape index (κ3) is 3.54. The van der Waals surface area contributed by atoms with Gasteiger partial charge in [-0.2, -0.15) is 0 Å². The number of hydrogen-bond donors (Lipinski definition) is 3. The van der Waals surface area contributed by atoms with Gasteiger partial charge in [0.25, 0.3) is 17.7 Å². The Morgan fingerprint density at radius 1 is 1.04 bits per heavy atom. The highest BCUT2D eigenvalue weighted by Crippen LogP contribution is 2.28. The second-order valence-corrected chi connectivity index (χ2v) is 6.29. The molecule has 5 amide bonds. The maximum Gasteiger partial charge on any atom is 0.325 e. The minimum absolute atomic E-state index is 0.255. The van der Waals surface area contributed by atoms with Gasteiger partial charge in [0.15, 0.2) is 0 Å². The van der Waals surface area contributed by atoms with Gasteiger partial charge in [-0.25, -0.2) is 9.18 Å². The van der Waals surface area contributed by atoms with Crippen molar-refractivity contribution >= 4 is 23.8 Å². The van der Waals surface area contributed by atoms with Crippen molar-refractivity contribution in [1.82, 2.24) is 21.1 Å². The molecule has 0 aliphatic carbocycles. The van der Waals surface area contributed by atoms with E-state index < -0.39 is 41.7 Å². The Bertz CT molecular complexity index is 950. The Morgan fingerprint density at radius 3 is 2.36 bits per heavy atom. The minimum atomic E-state index is -1.30. The maximum atomic E-state index is 13.6. The zero-order chi connectivity index (χ0) is 20.3. The molecule has 0 spiro atoms. The van der Waals surface area contributed by atoms with Crippen LogP contribution in [0.2, 0.25) is 0 Å². The summed E-state index contributed by atoms with van der Waals surface area (Å²) in [6, 6.07) is 13.1. The van der Waals surface area contributed by atoms with Crippen molar-refractivity contribution in [1.29, 1.82) is 0 Å². The van der Waals surface area contributed by atoms with E-state index in [0.717, 1.165) is 11.0 Å². The van der Waals surface area contributed by atoms with Crippen LogP contribution in [0.5, 0.6) is 0 Å². The molecule has 28 heavy (non-hydrogen) atoms. The van der Waals surface area contributed by atoms with Crippen LogP contribution in [-0.2, 0) is 15.1 Å². The second-order valence-electron chi connectivity index (χ2n) is 6.29. The molecule has 8 nitrogen and oxygen atoms in total. The summed E-state index contributed by atoms with van der Waals surface area (Å²) >= 11 is 0. The summed E-state index contributed by atoms with van der Waals surface area (Å²) in [6.07, 6.45) is 0. The third-order valence-electron chi connectivity index (χ3n) is 4.36. The summed E-state index contributed by atoms with van der Waals surface area (Å²) in [5.74, 6) is -3.02. The highest BCUT2D eigenvalue weighted by molar-refractivity contribution is 6.09. The molecule has 0 unspecified atom stereocenters. The van der Waals surface area contributed by atoms with Gasteiger partial charge >= 0.3 is 6.03 Å². The van der Waals surface area contributed by atoms with Crippen LogP contribution in [0, 0.1) is 5.82 Å². The van der Waals surface area contributed by atoms with Gasteiger partial charge < -0.3 is 5.32 Å². The molecule has 1 fully saturated rings. The molecule has 1 saturated heterocycles. The van der Waals surface area contributed by atoms with Gasteiger partial charge in [0.05, 0.1) is 5.56 Å². The Kier molecular flexibility index (Phi) is 5.08. The van der Waals surface area contributed by atoms with Crippen LogP contribution >= 0.6 is 0 Å². The molecule has 0 bridgehead atoms. The molecule has 0 radical (unpaired) electrons. The van der Waals surface area contributed by atoms with Crippen LogP contribution in [0.3, 0.4) is 0 Å². The standard InChI is InChI=1S/C19H17FN4O4/c1-19(12-7-3-2-4-8-12)17(27)24(18(28)21-19)11-15(25)22-23-16(26)13-9-5-6-10-14(13)20/h2-10H,11H2,1H3,(H,21,28)(H,22,25)(H,23,26)/t19-/m1/s1. The number of halogens is 1. The third-order valence-corrected chi connectivity index (χ3v) is 4.36. The molecule has 0 saturated carbocycles. The number of nitrogens with zero attached hydrogens (tertiary/aromatic N) is 1. The van der Waals surface area contributed by atoms with Gasteiger partial charge in [0, 0.05) is 0 Å². The van der Waals surface area contributed by atoms with E-state index in [-0.39, 0.29) is 5.56 Å². The van der Waals surface area contributed by atoms with E-state index in [0.29, 0.717) is 5.56 Å². The van der Waals surface area contributed by atoms with Crippen LogP contribution in [0.15, 0.2) is 54.6 Å². The van der Waals surface area contributed by atoms with Crippen LogP contribution in [-0.4, -0.2) is 35.2 Å². The lowest BCUT2D eigenvalue weighted by Gasteiger charge is -2.22. The molecule has 1 aliphatic heterocycles. The van der Waals surface area contributed by atoms with Gasteiger partial charge in [-0.3, -0.25) is 30.1 Å². The Labute approximate surface area is 159 Å². The Balaban J connectivity index is 1.63. The number of urea groups is 1. The number of carbonyl (C=O) groups is 4. The number of carbonyl (C=O) groups excluding carboxylic acids is 4. The lowest BCUT2D eigenvalue weighted by molar-refractivity contribution is -0.135. The molecule has 1 atom stereocenters. The van der Waals surface area contributed by atoms with E-state index >= 15 is 0 Å². The monoisotopic (exact) mass is 384 g/mol. The lowest BCUT2D eigenvalue weighted by Crippen LogP contribution is -2.48. The smallest absolute Gasteiger partial charge is 0.319 e. The zero-order valence-electron chi connectivity index (χ0n) is 14.9. The summed E-state index contributed by atoms with van der Waals surface area (Å²) < 4.78 is 13.6. The van der Waals surface area contributed by atoms with Crippen LogP contribution in [0.4, 0.5) is 9.18 Å². The van der Waals surface area contributed by atoms with E-state index in [1.165, 1.54) is 18.2 Å². The number of nitrogens with one attached hydrogen (secondary N) is 3. The van der Waals surface area contributed by atoms with Crippen molar-refractivity contribution < 1.29 is 23.6 Å². The Morgan fingerprint density at radius 2 is 1.68 bits per heavy atom. The molecule has 1 aliphatic rings. The summed E-state index contributed by atoms with van der Waals surface area (Å²) in [4.78, 5) is 49.6. The average Bonchev–Trinajstić information content (AvgIpc) is 2.91. The van der Waals surface area contributed by atoms with Crippen LogP contribution < -0.4 is 16.2 Å². The summed E-state index contributed by atoms with van der Waals surface area (Å²) in [5, 5.41) is 2.57. The number of hydrazine groups is 1. The fourth-order valence-electron chi connectivity index (χ4n) is 2.83. The van der Waals surface area contributed by atoms with E-state index in [9.17, 15) is 23.6 Å². The molecular weight excluding hydrogens is 367 g/mol. The zero-order valence-corrected chi connectivity index (χ0v) is 14.9. The SMILES string of the molecule is C[C@]1(c2ccccc2)NC(=O)N(CC(=O)NNC(=O)c2ccccc2F)C1=O. The summed E-state index contributed by atoms with van der Waals surface area (Å²) in [7, 11) is 0. The molecule has 0 aromatic heterocycles. The number of rotatable bonds is 4. The summed E-state index contributed by atoms with van der Waals surface area (Å²) in [5.41, 5.74) is 3.13. The quantitative estimate of drug-likeness (QED) is 0.541. The first kappa shape index (κ1) is 19.0. The molecule has 1 heterocycles. The van der Waals surface area contributed by atoms with Crippen molar-refractivity contribution in [2.45, 2.75) is 12.5 Å². The van der Waals surface area contributed by atoms with Crippen molar-refractivity contribution in [2.75, 3.05) is 6.54 Å². The van der Waals surface area contributed by atoms with Gasteiger partial charge in [0.2, 0.25) is 0 Å². The van der Waals surface area contributed by atoms with Crippen molar-refractivity contribution in [3.63, 3.8) is 0 Å². The number of imide groups is 1. The van der Waals surface area contributed by atoms with Gasteiger partial charge in [0.1, 0.15) is 17.9 Å². The highest BCUT2D eigenvalue weighted by atomic mass is 19.1. The van der Waals surface area contributed by atoms with Gasteiger partial charge in [-0.05, 0) is 24.6 Å². The van der Waals surface area contributed by atoms with Crippen molar-refractivity contribution in [3.05, 3.63) is 71.5 Å². The molecule has 9 heteroatoms. The first-order valence-corrected chi connectivity index (χ1v) is 8.36. The molecule has 2 aromatic rings. The van der Waals surface area contributed by atoms with E-state index in [1.807, 2.05) is 5.43 Å².